The van der Waals surface area contributed by atoms with E-state index in [1.54, 1.807) is 5.56 Å². The van der Waals surface area contributed by atoms with Gasteiger partial charge < -0.3 is 5.32 Å². The molecule has 2 atom stereocenters. The van der Waals surface area contributed by atoms with Crippen molar-refractivity contribution in [3.63, 3.8) is 0 Å². The molecule has 0 bridgehead atoms. The zero-order chi connectivity index (χ0) is 13.7. The van der Waals surface area contributed by atoms with E-state index in [1.165, 1.54) is 49.7 Å². The molecular weight excluding hydrogens is 230 g/mol. The van der Waals surface area contributed by atoms with Crippen LogP contribution in [0.25, 0.3) is 0 Å². The van der Waals surface area contributed by atoms with Gasteiger partial charge in [0, 0.05) is 6.04 Å². The molecule has 0 aliphatic heterocycles. The molecule has 0 amide bonds. The third kappa shape index (κ3) is 4.07. The van der Waals surface area contributed by atoms with Crippen LogP contribution in [0.2, 0.25) is 0 Å². The van der Waals surface area contributed by atoms with Crippen molar-refractivity contribution >= 4 is 0 Å². The predicted molar refractivity (Wildman–Crippen MR) is 83.8 cm³/mol. The number of hydrogen-bond acceptors (Lipinski definition) is 1. The van der Waals surface area contributed by atoms with Crippen LogP contribution in [-0.2, 0) is 0 Å². The zero-order valence-corrected chi connectivity index (χ0v) is 12.8. The van der Waals surface area contributed by atoms with E-state index in [-0.39, 0.29) is 0 Å². The summed E-state index contributed by atoms with van der Waals surface area (Å²) in [5, 5.41) is 3.80. The molecule has 0 radical (unpaired) electrons. The predicted octanol–water partition coefficient (Wildman–Crippen LogP) is 4.72. The summed E-state index contributed by atoms with van der Waals surface area (Å²) in [4.78, 5) is 0. The van der Waals surface area contributed by atoms with Gasteiger partial charge in [-0.15, -0.1) is 0 Å². The van der Waals surface area contributed by atoms with Crippen molar-refractivity contribution in [1.82, 2.24) is 5.32 Å². The van der Waals surface area contributed by atoms with Crippen LogP contribution in [0.4, 0.5) is 0 Å². The molecule has 2 unspecified atom stereocenters. The molecule has 1 aliphatic carbocycles. The lowest BCUT2D eigenvalue weighted by Gasteiger charge is -2.27. The molecule has 19 heavy (non-hydrogen) atoms. The number of aryl methyl sites for hydroxylation is 2. The van der Waals surface area contributed by atoms with Gasteiger partial charge in [0.1, 0.15) is 0 Å². The van der Waals surface area contributed by atoms with Crippen LogP contribution >= 0.6 is 0 Å². The highest BCUT2D eigenvalue weighted by molar-refractivity contribution is 5.32. The molecule has 1 heteroatoms. The highest BCUT2D eigenvalue weighted by Crippen LogP contribution is 2.33. The van der Waals surface area contributed by atoms with Gasteiger partial charge in [0.25, 0.3) is 0 Å². The largest absolute Gasteiger partial charge is 0.313 e. The monoisotopic (exact) mass is 259 g/mol. The summed E-state index contributed by atoms with van der Waals surface area (Å²) in [5.41, 5.74) is 4.38. The Morgan fingerprint density at radius 1 is 1.00 bits per heavy atom. The zero-order valence-electron chi connectivity index (χ0n) is 12.8. The summed E-state index contributed by atoms with van der Waals surface area (Å²) < 4.78 is 0. The lowest BCUT2D eigenvalue weighted by molar-refractivity contribution is 0.410. The fourth-order valence-corrected chi connectivity index (χ4v) is 3.50. The summed E-state index contributed by atoms with van der Waals surface area (Å²) >= 11 is 0. The Hall–Kier alpha value is -0.820. The molecule has 0 aromatic heterocycles. The van der Waals surface area contributed by atoms with Crippen LogP contribution in [0, 0.1) is 13.8 Å². The van der Waals surface area contributed by atoms with E-state index in [4.69, 9.17) is 0 Å². The topological polar surface area (TPSA) is 12.0 Å². The van der Waals surface area contributed by atoms with Crippen molar-refractivity contribution in [3.05, 3.63) is 34.9 Å². The minimum atomic E-state index is 0.684. The molecule has 1 fully saturated rings. The fourth-order valence-electron chi connectivity index (χ4n) is 3.50. The minimum absolute atomic E-state index is 0.684. The Balaban J connectivity index is 2.20. The third-order valence-corrected chi connectivity index (χ3v) is 4.34. The number of benzene rings is 1. The molecule has 1 nitrogen and oxygen atoms in total. The summed E-state index contributed by atoms with van der Waals surface area (Å²) in [6.45, 7) is 7.87. The Kier molecular flexibility index (Phi) is 5.45. The molecular formula is C18H29N. The first-order chi connectivity index (χ1) is 9.20. The quantitative estimate of drug-likeness (QED) is 0.772. The molecule has 1 aromatic rings. The van der Waals surface area contributed by atoms with E-state index in [0.29, 0.717) is 12.0 Å². The molecule has 1 N–H and O–H groups in total. The van der Waals surface area contributed by atoms with Gasteiger partial charge >= 0.3 is 0 Å². The minimum Gasteiger partial charge on any atom is -0.313 e. The van der Waals surface area contributed by atoms with Crippen molar-refractivity contribution < 1.29 is 0 Å². The van der Waals surface area contributed by atoms with Gasteiger partial charge in [-0.25, -0.2) is 0 Å². The first-order valence-electron chi connectivity index (χ1n) is 8.02. The second-order valence-corrected chi connectivity index (χ2v) is 6.23. The third-order valence-electron chi connectivity index (χ3n) is 4.34. The van der Waals surface area contributed by atoms with E-state index in [9.17, 15) is 0 Å². The fraction of sp³-hybridized carbons (Fsp3) is 0.667. The molecule has 106 valence electrons. The van der Waals surface area contributed by atoms with Crippen molar-refractivity contribution in [2.24, 2.45) is 0 Å². The lowest BCUT2D eigenvalue weighted by Crippen LogP contribution is -2.34. The standard InChI is InChI=1S/C18H29N/c1-4-10-19-18-9-7-5-6-8-17(18)16-12-14(2)11-15(3)13-16/h11-13,17-19H,4-10H2,1-3H3. The number of rotatable bonds is 4. The van der Waals surface area contributed by atoms with Crippen molar-refractivity contribution in [2.45, 2.75) is 71.3 Å². The van der Waals surface area contributed by atoms with Crippen LogP contribution in [0.15, 0.2) is 18.2 Å². The average Bonchev–Trinajstić information content (AvgIpc) is 2.60. The van der Waals surface area contributed by atoms with Gasteiger partial charge in [0.2, 0.25) is 0 Å². The summed E-state index contributed by atoms with van der Waals surface area (Å²) in [6.07, 6.45) is 8.12. The maximum atomic E-state index is 3.80. The van der Waals surface area contributed by atoms with Crippen molar-refractivity contribution in [1.29, 1.82) is 0 Å². The van der Waals surface area contributed by atoms with E-state index >= 15 is 0 Å². The van der Waals surface area contributed by atoms with Gasteiger partial charge in [-0.2, -0.15) is 0 Å². The lowest BCUT2D eigenvalue weighted by atomic mass is 9.86. The summed E-state index contributed by atoms with van der Waals surface area (Å²) in [6, 6.07) is 7.78. The van der Waals surface area contributed by atoms with Crippen LogP contribution in [0.1, 0.15) is 68.1 Å². The molecule has 2 rings (SSSR count). The first kappa shape index (κ1) is 14.6. The van der Waals surface area contributed by atoms with E-state index in [0.717, 1.165) is 6.54 Å². The Morgan fingerprint density at radius 3 is 2.37 bits per heavy atom. The Morgan fingerprint density at radius 2 is 1.68 bits per heavy atom. The number of nitrogens with one attached hydrogen (secondary N) is 1. The second kappa shape index (κ2) is 7.09. The van der Waals surface area contributed by atoms with Gasteiger partial charge in [-0.1, -0.05) is 55.5 Å². The highest BCUT2D eigenvalue weighted by Gasteiger charge is 2.24. The number of hydrogen-bond donors (Lipinski definition) is 1. The Bertz CT molecular complexity index is 376. The molecule has 1 saturated carbocycles. The molecule has 1 aliphatic rings. The van der Waals surface area contributed by atoms with Crippen LogP contribution in [-0.4, -0.2) is 12.6 Å². The molecule has 0 heterocycles. The Labute approximate surface area is 118 Å². The summed E-state index contributed by atoms with van der Waals surface area (Å²) in [5.74, 6) is 0.715. The SMILES string of the molecule is CCCNC1CCCCCC1c1cc(C)cc(C)c1. The van der Waals surface area contributed by atoms with Gasteiger partial charge in [0.05, 0.1) is 0 Å². The van der Waals surface area contributed by atoms with E-state index < -0.39 is 0 Å². The van der Waals surface area contributed by atoms with Crippen LogP contribution < -0.4 is 5.32 Å². The van der Waals surface area contributed by atoms with E-state index in [2.05, 4.69) is 44.3 Å². The smallest absolute Gasteiger partial charge is 0.0136 e. The second-order valence-electron chi connectivity index (χ2n) is 6.23. The highest BCUT2D eigenvalue weighted by atomic mass is 14.9. The molecule has 0 spiro atoms. The molecule has 0 saturated heterocycles. The van der Waals surface area contributed by atoms with Gasteiger partial charge in [0.15, 0.2) is 0 Å². The van der Waals surface area contributed by atoms with E-state index in [1.807, 2.05) is 0 Å². The summed E-state index contributed by atoms with van der Waals surface area (Å²) in [7, 11) is 0. The van der Waals surface area contributed by atoms with Crippen LogP contribution in [0.5, 0.6) is 0 Å². The average molecular weight is 259 g/mol. The van der Waals surface area contributed by atoms with Crippen LogP contribution in [0.3, 0.4) is 0 Å². The molecule has 1 aromatic carbocycles. The maximum absolute atomic E-state index is 3.80. The van der Waals surface area contributed by atoms with Crippen molar-refractivity contribution in [3.8, 4) is 0 Å². The van der Waals surface area contributed by atoms with Crippen molar-refractivity contribution in [2.75, 3.05) is 6.54 Å². The van der Waals surface area contributed by atoms with Gasteiger partial charge in [-0.3, -0.25) is 0 Å². The normalized spacial score (nSPS) is 24.2. The van der Waals surface area contributed by atoms with Gasteiger partial charge in [-0.05, 0) is 51.1 Å². The maximum Gasteiger partial charge on any atom is 0.0136 e. The first-order valence-corrected chi connectivity index (χ1v) is 8.02.